The maximum atomic E-state index is 13.2. The average molecular weight is 208 g/mol. The third kappa shape index (κ3) is 2.53. The molecule has 0 saturated carbocycles. The molecule has 0 aromatic carbocycles. The van der Waals surface area contributed by atoms with Crippen molar-refractivity contribution in [2.45, 2.75) is 38.6 Å². The van der Waals surface area contributed by atoms with E-state index in [1.54, 1.807) is 6.07 Å². The minimum Gasteiger partial charge on any atom is -0.314 e. The smallest absolute Gasteiger partial charge is 0.213 e. The van der Waals surface area contributed by atoms with Crippen LogP contribution in [-0.2, 0) is 0 Å². The Bertz CT molecular complexity index is 331. The zero-order chi connectivity index (χ0) is 10.8. The van der Waals surface area contributed by atoms with Gasteiger partial charge in [-0.25, -0.2) is 4.98 Å². The Hall–Kier alpha value is -0.960. The van der Waals surface area contributed by atoms with Crippen molar-refractivity contribution in [1.82, 2.24) is 10.3 Å². The molecule has 1 saturated heterocycles. The summed E-state index contributed by atoms with van der Waals surface area (Å²) in [4.78, 5) is 3.77. The number of hydrogen-bond acceptors (Lipinski definition) is 2. The van der Waals surface area contributed by atoms with Gasteiger partial charge < -0.3 is 5.32 Å². The van der Waals surface area contributed by atoms with Gasteiger partial charge in [-0.15, -0.1) is 0 Å². The summed E-state index contributed by atoms with van der Waals surface area (Å²) in [5, 5.41) is 3.40. The summed E-state index contributed by atoms with van der Waals surface area (Å²) in [7, 11) is 0. The number of nitrogens with zero attached hydrogens (tertiary/aromatic N) is 1. The van der Waals surface area contributed by atoms with E-state index in [2.05, 4.69) is 17.2 Å². The van der Waals surface area contributed by atoms with Gasteiger partial charge in [0.15, 0.2) is 0 Å². The van der Waals surface area contributed by atoms with Gasteiger partial charge >= 0.3 is 0 Å². The Labute approximate surface area is 89.9 Å². The van der Waals surface area contributed by atoms with Crippen molar-refractivity contribution >= 4 is 0 Å². The van der Waals surface area contributed by atoms with E-state index in [0.717, 1.165) is 30.6 Å². The Balaban J connectivity index is 2.20. The van der Waals surface area contributed by atoms with Crippen LogP contribution < -0.4 is 5.32 Å². The van der Waals surface area contributed by atoms with Gasteiger partial charge in [0.1, 0.15) is 0 Å². The Morgan fingerprint density at radius 1 is 1.47 bits per heavy atom. The van der Waals surface area contributed by atoms with Crippen LogP contribution in [0.3, 0.4) is 0 Å². The molecular weight excluding hydrogens is 191 g/mol. The van der Waals surface area contributed by atoms with Crippen LogP contribution in [0.4, 0.5) is 4.39 Å². The Morgan fingerprint density at radius 2 is 2.27 bits per heavy atom. The minimum atomic E-state index is -0.351. The topological polar surface area (TPSA) is 24.9 Å². The number of nitrogens with one attached hydrogen (secondary N) is 1. The molecule has 2 unspecified atom stereocenters. The second kappa shape index (κ2) is 4.27. The zero-order valence-corrected chi connectivity index (χ0v) is 9.26. The number of aromatic nitrogens is 1. The predicted octanol–water partition coefficient (Wildman–Crippen LogP) is 2.38. The van der Waals surface area contributed by atoms with E-state index >= 15 is 0 Å². The van der Waals surface area contributed by atoms with Crippen molar-refractivity contribution in [3.05, 3.63) is 29.3 Å². The van der Waals surface area contributed by atoms with Crippen LogP contribution in [0.5, 0.6) is 0 Å². The molecule has 2 rings (SSSR count). The summed E-state index contributed by atoms with van der Waals surface area (Å²) in [5.41, 5.74) is 1.88. The fraction of sp³-hybridized carbons (Fsp3) is 0.583. The van der Waals surface area contributed by atoms with E-state index in [4.69, 9.17) is 0 Å². The molecule has 2 heterocycles. The standard InChI is InChI=1S/C12H17FN2/c1-8-5-10(3-4-14-8)11-6-9(2)15-12(13)7-11/h6-8,10,14H,3-5H2,1-2H3. The van der Waals surface area contributed by atoms with Crippen molar-refractivity contribution in [3.63, 3.8) is 0 Å². The van der Waals surface area contributed by atoms with Gasteiger partial charge in [0, 0.05) is 11.7 Å². The van der Waals surface area contributed by atoms with Crippen LogP contribution in [0.25, 0.3) is 0 Å². The van der Waals surface area contributed by atoms with Crippen LogP contribution in [0, 0.1) is 12.9 Å². The van der Waals surface area contributed by atoms with Crippen LogP contribution in [0.1, 0.15) is 36.9 Å². The van der Waals surface area contributed by atoms with Gasteiger partial charge in [0.05, 0.1) is 0 Å². The molecule has 1 aliphatic rings. The molecule has 1 aromatic heterocycles. The summed E-state index contributed by atoms with van der Waals surface area (Å²) in [6.45, 7) is 5.04. The van der Waals surface area contributed by atoms with Gasteiger partial charge in [-0.05, 0) is 56.8 Å². The maximum Gasteiger partial charge on any atom is 0.213 e. The SMILES string of the molecule is Cc1cc(C2CCNC(C)C2)cc(F)n1. The van der Waals surface area contributed by atoms with Gasteiger partial charge in [0.2, 0.25) is 5.95 Å². The molecule has 1 aliphatic heterocycles. The lowest BCUT2D eigenvalue weighted by Gasteiger charge is -2.28. The fourth-order valence-electron chi connectivity index (χ4n) is 2.32. The van der Waals surface area contributed by atoms with Gasteiger partial charge in [-0.3, -0.25) is 0 Å². The van der Waals surface area contributed by atoms with E-state index < -0.39 is 0 Å². The maximum absolute atomic E-state index is 13.2. The zero-order valence-electron chi connectivity index (χ0n) is 9.26. The van der Waals surface area contributed by atoms with Crippen molar-refractivity contribution in [3.8, 4) is 0 Å². The number of piperidine rings is 1. The fourth-order valence-corrected chi connectivity index (χ4v) is 2.32. The summed E-state index contributed by atoms with van der Waals surface area (Å²) in [5.74, 6) is 0.133. The third-order valence-corrected chi connectivity index (χ3v) is 3.04. The van der Waals surface area contributed by atoms with Crippen molar-refractivity contribution in [2.24, 2.45) is 0 Å². The van der Waals surface area contributed by atoms with E-state index in [1.807, 2.05) is 13.0 Å². The quantitative estimate of drug-likeness (QED) is 0.717. The van der Waals surface area contributed by atoms with Crippen LogP contribution in [0.15, 0.2) is 12.1 Å². The van der Waals surface area contributed by atoms with Crippen LogP contribution >= 0.6 is 0 Å². The number of aryl methyl sites for hydroxylation is 1. The van der Waals surface area contributed by atoms with Crippen LogP contribution in [0.2, 0.25) is 0 Å². The van der Waals surface area contributed by atoms with Gasteiger partial charge in [-0.2, -0.15) is 4.39 Å². The molecule has 0 amide bonds. The van der Waals surface area contributed by atoms with Crippen molar-refractivity contribution in [1.29, 1.82) is 0 Å². The molecule has 3 heteroatoms. The second-order valence-corrected chi connectivity index (χ2v) is 4.44. The normalized spacial score (nSPS) is 26.6. The number of pyridine rings is 1. The van der Waals surface area contributed by atoms with Gasteiger partial charge in [0.25, 0.3) is 0 Å². The monoisotopic (exact) mass is 208 g/mol. The summed E-state index contributed by atoms with van der Waals surface area (Å²) >= 11 is 0. The lowest BCUT2D eigenvalue weighted by Crippen LogP contribution is -2.34. The lowest BCUT2D eigenvalue weighted by atomic mass is 9.87. The molecule has 0 aliphatic carbocycles. The number of halogens is 1. The molecule has 1 fully saturated rings. The van der Waals surface area contributed by atoms with E-state index in [0.29, 0.717) is 12.0 Å². The van der Waals surface area contributed by atoms with E-state index in [9.17, 15) is 4.39 Å². The molecule has 0 radical (unpaired) electrons. The summed E-state index contributed by atoms with van der Waals surface area (Å²) in [6, 6.07) is 4.11. The highest BCUT2D eigenvalue weighted by Crippen LogP contribution is 2.28. The molecule has 1 N–H and O–H groups in total. The molecule has 2 nitrogen and oxygen atoms in total. The molecule has 2 atom stereocenters. The first-order valence-corrected chi connectivity index (χ1v) is 5.52. The predicted molar refractivity (Wildman–Crippen MR) is 58.4 cm³/mol. The largest absolute Gasteiger partial charge is 0.314 e. The van der Waals surface area contributed by atoms with Crippen LogP contribution in [-0.4, -0.2) is 17.6 Å². The first-order valence-electron chi connectivity index (χ1n) is 5.52. The molecule has 0 bridgehead atoms. The first-order chi connectivity index (χ1) is 7.15. The highest BCUT2D eigenvalue weighted by atomic mass is 19.1. The highest BCUT2D eigenvalue weighted by Gasteiger charge is 2.20. The Morgan fingerprint density at radius 3 is 2.93 bits per heavy atom. The molecule has 0 spiro atoms. The first kappa shape index (κ1) is 10.6. The highest BCUT2D eigenvalue weighted by molar-refractivity contribution is 5.21. The molecule has 15 heavy (non-hydrogen) atoms. The molecule has 1 aromatic rings. The van der Waals surface area contributed by atoms with Crippen molar-refractivity contribution < 1.29 is 4.39 Å². The van der Waals surface area contributed by atoms with E-state index in [1.165, 1.54) is 0 Å². The summed E-state index contributed by atoms with van der Waals surface area (Å²) in [6.07, 6.45) is 2.18. The number of rotatable bonds is 1. The van der Waals surface area contributed by atoms with Gasteiger partial charge in [-0.1, -0.05) is 0 Å². The molecular formula is C12H17FN2. The average Bonchev–Trinajstić information content (AvgIpc) is 2.16. The Kier molecular flexibility index (Phi) is 3.00. The summed E-state index contributed by atoms with van der Waals surface area (Å²) < 4.78 is 13.2. The third-order valence-electron chi connectivity index (χ3n) is 3.04. The van der Waals surface area contributed by atoms with E-state index in [-0.39, 0.29) is 5.95 Å². The number of hydrogen-bond donors (Lipinski definition) is 1. The minimum absolute atomic E-state index is 0.351. The lowest BCUT2D eigenvalue weighted by molar-refractivity contribution is 0.380. The molecule has 82 valence electrons. The van der Waals surface area contributed by atoms with Crippen molar-refractivity contribution in [2.75, 3.05) is 6.54 Å². The second-order valence-electron chi connectivity index (χ2n) is 4.44.